The standard InChI is InChI=1S/C14H13BrN2O2S2/c15-9-3-1-8(2-4-9)11-14(10(18)7-20-11)12(19)17-6-5-16-13(17)21-14/h1-4,10-11,18H,5-7H2. The maximum Gasteiger partial charge on any atom is 0.249 e. The zero-order chi connectivity index (χ0) is 14.6. The van der Waals surface area contributed by atoms with Gasteiger partial charge in [-0.1, -0.05) is 39.8 Å². The molecule has 2 fully saturated rings. The summed E-state index contributed by atoms with van der Waals surface area (Å²) in [6.45, 7) is 1.32. The third-order valence-corrected chi connectivity index (χ3v) is 7.83. The number of hydrogen-bond donors (Lipinski definition) is 1. The van der Waals surface area contributed by atoms with Gasteiger partial charge < -0.3 is 5.11 Å². The van der Waals surface area contributed by atoms with Crippen molar-refractivity contribution in [2.75, 3.05) is 18.8 Å². The van der Waals surface area contributed by atoms with E-state index in [-0.39, 0.29) is 11.2 Å². The van der Waals surface area contributed by atoms with Gasteiger partial charge in [-0.2, -0.15) is 0 Å². The van der Waals surface area contributed by atoms with E-state index in [1.54, 1.807) is 16.7 Å². The molecule has 0 saturated carbocycles. The highest BCUT2D eigenvalue weighted by Gasteiger charge is 2.64. The number of aliphatic imine (C=N–C) groups is 1. The number of carbonyl (C=O) groups is 1. The van der Waals surface area contributed by atoms with Gasteiger partial charge in [-0.25, -0.2) is 0 Å². The Hall–Kier alpha value is -0.500. The number of amides is 1. The smallest absolute Gasteiger partial charge is 0.249 e. The number of rotatable bonds is 1. The summed E-state index contributed by atoms with van der Waals surface area (Å²) in [5, 5.41) is 11.3. The van der Waals surface area contributed by atoms with E-state index < -0.39 is 10.9 Å². The molecule has 1 N–H and O–H groups in total. The molecule has 4 rings (SSSR count). The summed E-state index contributed by atoms with van der Waals surface area (Å²) in [6, 6.07) is 8.02. The van der Waals surface area contributed by atoms with Crippen molar-refractivity contribution in [2.45, 2.75) is 16.1 Å². The van der Waals surface area contributed by atoms with Crippen LogP contribution in [-0.4, -0.2) is 50.8 Å². The molecule has 0 bridgehead atoms. The molecule has 4 nitrogen and oxygen atoms in total. The first kappa shape index (κ1) is 14.1. The topological polar surface area (TPSA) is 52.9 Å². The van der Waals surface area contributed by atoms with E-state index >= 15 is 0 Å². The second-order valence-electron chi connectivity index (χ2n) is 5.30. The van der Waals surface area contributed by atoms with Gasteiger partial charge in [0.1, 0.15) is 4.75 Å². The van der Waals surface area contributed by atoms with Crippen molar-refractivity contribution < 1.29 is 9.90 Å². The van der Waals surface area contributed by atoms with Gasteiger partial charge in [-0.15, -0.1) is 11.8 Å². The number of halogens is 1. The van der Waals surface area contributed by atoms with Crippen LogP contribution in [0, 0.1) is 0 Å². The van der Waals surface area contributed by atoms with Gasteiger partial charge in [-0.3, -0.25) is 14.7 Å². The fourth-order valence-electron chi connectivity index (χ4n) is 3.08. The van der Waals surface area contributed by atoms with Crippen molar-refractivity contribution in [1.29, 1.82) is 0 Å². The molecule has 0 radical (unpaired) electrons. The van der Waals surface area contributed by atoms with Gasteiger partial charge in [0.15, 0.2) is 5.17 Å². The molecule has 1 aromatic carbocycles. The van der Waals surface area contributed by atoms with Crippen molar-refractivity contribution in [2.24, 2.45) is 4.99 Å². The van der Waals surface area contributed by atoms with Crippen LogP contribution in [0.5, 0.6) is 0 Å². The van der Waals surface area contributed by atoms with Gasteiger partial charge in [0.05, 0.1) is 17.9 Å². The lowest BCUT2D eigenvalue weighted by Gasteiger charge is -2.30. The van der Waals surface area contributed by atoms with Gasteiger partial charge >= 0.3 is 0 Å². The second-order valence-corrected chi connectivity index (χ2v) is 8.60. The Labute approximate surface area is 139 Å². The van der Waals surface area contributed by atoms with E-state index in [4.69, 9.17) is 0 Å². The zero-order valence-corrected chi connectivity index (χ0v) is 14.2. The Bertz CT molecular complexity index is 636. The summed E-state index contributed by atoms with van der Waals surface area (Å²) in [6.07, 6.45) is -0.637. The SMILES string of the molecule is O=C1N2CCN=C2SC12C(O)CSC2c1ccc(Br)cc1. The normalized spacial score (nSPS) is 34.7. The third-order valence-electron chi connectivity index (χ3n) is 4.12. The number of amidine groups is 1. The summed E-state index contributed by atoms with van der Waals surface area (Å²) in [7, 11) is 0. The highest BCUT2D eigenvalue weighted by molar-refractivity contribution is 9.10. The highest BCUT2D eigenvalue weighted by atomic mass is 79.9. The van der Waals surface area contributed by atoms with E-state index in [0.29, 0.717) is 18.8 Å². The van der Waals surface area contributed by atoms with Crippen molar-refractivity contribution in [3.63, 3.8) is 0 Å². The molecule has 1 aromatic rings. The minimum atomic E-state index is -0.808. The molecule has 3 aliphatic heterocycles. The zero-order valence-electron chi connectivity index (χ0n) is 11.0. The number of fused-ring (bicyclic) bond motifs is 1. The fourth-order valence-corrected chi connectivity index (χ4v) is 6.69. The fraction of sp³-hybridized carbons (Fsp3) is 0.429. The van der Waals surface area contributed by atoms with Gasteiger partial charge in [-0.05, 0) is 17.7 Å². The summed E-state index contributed by atoms with van der Waals surface area (Å²) in [4.78, 5) is 19.1. The Balaban J connectivity index is 1.78. The predicted octanol–water partition coefficient (Wildman–Crippen LogP) is 2.28. The molecule has 0 aliphatic carbocycles. The van der Waals surface area contributed by atoms with Gasteiger partial charge in [0, 0.05) is 16.8 Å². The monoisotopic (exact) mass is 384 g/mol. The number of carbonyl (C=O) groups excluding carboxylic acids is 1. The summed E-state index contributed by atoms with van der Waals surface area (Å²) >= 11 is 6.55. The van der Waals surface area contributed by atoms with Crippen LogP contribution in [0.2, 0.25) is 0 Å². The van der Waals surface area contributed by atoms with E-state index in [9.17, 15) is 9.90 Å². The Kier molecular flexibility index (Phi) is 3.37. The molecule has 110 valence electrons. The molecular weight excluding hydrogens is 372 g/mol. The Morgan fingerprint density at radius 2 is 2.14 bits per heavy atom. The number of nitrogens with zero attached hydrogens (tertiary/aromatic N) is 2. The van der Waals surface area contributed by atoms with Crippen LogP contribution in [0.4, 0.5) is 0 Å². The molecule has 0 aromatic heterocycles. The van der Waals surface area contributed by atoms with Crippen LogP contribution < -0.4 is 0 Å². The minimum absolute atomic E-state index is 0.0224. The number of aliphatic hydroxyl groups is 1. The second kappa shape index (κ2) is 5.01. The van der Waals surface area contributed by atoms with Crippen molar-refractivity contribution >= 4 is 50.5 Å². The quantitative estimate of drug-likeness (QED) is 0.806. The molecule has 7 heteroatoms. The van der Waals surface area contributed by atoms with Crippen molar-refractivity contribution in [1.82, 2.24) is 4.90 Å². The lowest BCUT2D eigenvalue weighted by atomic mass is 9.92. The molecule has 3 unspecified atom stereocenters. The van der Waals surface area contributed by atoms with Crippen molar-refractivity contribution in [3.05, 3.63) is 34.3 Å². The van der Waals surface area contributed by atoms with Crippen LogP contribution >= 0.6 is 39.5 Å². The lowest BCUT2D eigenvalue weighted by Crippen LogP contribution is -2.48. The Morgan fingerprint density at radius 3 is 2.86 bits per heavy atom. The van der Waals surface area contributed by atoms with Crippen LogP contribution in [0.1, 0.15) is 10.8 Å². The Morgan fingerprint density at radius 1 is 1.38 bits per heavy atom. The number of aliphatic hydroxyl groups excluding tert-OH is 1. The lowest BCUT2D eigenvalue weighted by molar-refractivity contribution is -0.131. The molecule has 3 atom stereocenters. The van der Waals surface area contributed by atoms with E-state index in [0.717, 1.165) is 15.2 Å². The molecule has 3 aliphatic rings. The highest BCUT2D eigenvalue weighted by Crippen LogP contribution is 2.59. The maximum absolute atomic E-state index is 12.9. The maximum atomic E-state index is 12.9. The van der Waals surface area contributed by atoms with E-state index in [2.05, 4.69) is 20.9 Å². The molecule has 1 spiro atoms. The number of thioether (sulfide) groups is 2. The van der Waals surface area contributed by atoms with Crippen LogP contribution in [0.3, 0.4) is 0 Å². The summed E-state index contributed by atoms with van der Waals surface area (Å²) in [5.74, 6) is 0.606. The molecule has 21 heavy (non-hydrogen) atoms. The first-order valence-electron chi connectivity index (χ1n) is 6.73. The summed E-state index contributed by atoms with van der Waals surface area (Å²) < 4.78 is 0.205. The van der Waals surface area contributed by atoms with Gasteiger partial charge in [0.2, 0.25) is 5.91 Å². The average molecular weight is 385 g/mol. The molecule has 2 saturated heterocycles. The third kappa shape index (κ3) is 1.94. The van der Waals surface area contributed by atoms with Crippen LogP contribution in [0.25, 0.3) is 0 Å². The summed E-state index contributed by atoms with van der Waals surface area (Å²) in [5.41, 5.74) is 1.09. The average Bonchev–Trinajstić information content (AvgIpc) is 3.12. The minimum Gasteiger partial charge on any atom is -0.390 e. The first-order chi connectivity index (χ1) is 10.1. The van der Waals surface area contributed by atoms with E-state index in [1.807, 2.05) is 24.3 Å². The predicted molar refractivity (Wildman–Crippen MR) is 89.7 cm³/mol. The number of benzene rings is 1. The largest absolute Gasteiger partial charge is 0.390 e. The number of hydrogen-bond acceptors (Lipinski definition) is 5. The molecule has 3 heterocycles. The van der Waals surface area contributed by atoms with Gasteiger partial charge in [0.25, 0.3) is 0 Å². The van der Waals surface area contributed by atoms with Crippen LogP contribution in [-0.2, 0) is 4.79 Å². The molecule has 1 amide bonds. The van der Waals surface area contributed by atoms with Crippen molar-refractivity contribution in [3.8, 4) is 0 Å². The first-order valence-corrected chi connectivity index (χ1v) is 9.39. The van der Waals surface area contributed by atoms with E-state index in [1.165, 1.54) is 11.8 Å². The molecular formula is C14H13BrN2O2S2. The van der Waals surface area contributed by atoms with Crippen LogP contribution in [0.15, 0.2) is 33.7 Å².